The van der Waals surface area contributed by atoms with Crippen molar-refractivity contribution in [3.05, 3.63) is 96.0 Å². The maximum absolute atomic E-state index is 13.8. The number of nitrogens with zero attached hydrogens (tertiary/aromatic N) is 4. The second kappa shape index (κ2) is 9.02. The van der Waals surface area contributed by atoms with Crippen LogP contribution in [0.15, 0.2) is 73.3 Å². The molecule has 0 saturated carbocycles. The van der Waals surface area contributed by atoms with Crippen molar-refractivity contribution >= 4 is 29.0 Å². The average molecular weight is 521 g/mol. The molecule has 192 valence electrons. The van der Waals surface area contributed by atoms with Gasteiger partial charge in [-0.3, -0.25) is 19.5 Å². The molecule has 2 aromatic heterocycles. The molecule has 0 unspecified atom stereocenters. The molecule has 2 amide bonds. The maximum Gasteiger partial charge on any atom is 0.434 e. The number of amides is 2. The molecule has 0 spiro atoms. The van der Waals surface area contributed by atoms with Crippen LogP contribution in [0, 0.1) is 5.82 Å². The summed E-state index contributed by atoms with van der Waals surface area (Å²) >= 11 is 0. The van der Waals surface area contributed by atoms with Crippen molar-refractivity contribution < 1.29 is 27.2 Å². The lowest BCUT2D eigenvalue weighted by Crippen LogP contribution is -2.33. The summed E-state index contributed by atoms with van der Waals surface area (Å²) in [5.41, 5.74) is -1.33. The third-order valence-electron chi connectivity index (χ3n) is 6.26. The summed E-state index contributed by atoms with van der Waals surface area (Å²) < 4.78 is 54.7. The highest BCUT2D eigenvalue weighted by Crippen LogP contribution is 2.49. The number of aromatic nitrogens is 3. The van der Waals surface area contributed by atoms with Gasteiger partial charge < -0.3 is 5.32 Å². The van der Waals surface area contributed by atoms with Gasteiger partial charge in [0.05, 0.1) is 16.7 Å². The molecule has 1 aliphatic heterocycles. The summed E-state index contributed by atoms with van der Waals surface area (Å²) in [5.74, 6) is -1.57. The van der Waals surface area contributed by atoms with Crippen LogP contribution in [0.25, 0.3) is 11.1 Å². The van der Waals surface area contributed by atoms with Crippen LogP contribution in [-0.2, 0) is 16.4 Å². The van der Waals surface area contributed by atoms with E-state index < -0.39 is 34.6 Å². The van der Waals surface area contributed by atoms with E-state index in [0.29, 0.717) is 22.6 Å². The molecule has 1 aliphatic rings. The van der Waals surface area contributed by atoms with Gasteiger partial charge in [-0.15, -0.1) is 0 Å². The first-order valence-electron chi connectivity index (χ1n) is 11.4. The number of carbonyl (C=O) groups is 2. The Labute approximate surface area is 214 Å². The number of benzene rings is 2. The molecular formula is C27H19F4N5O2. The van der Waals surface area contributed by atoms with Crippen LogP contribution in [0.3, 0.4) is 0 Å². The van der Waals surface area contributed by atoms with E-state index in [0.717, 1.165) is 24.4 Å². The van der Waals surface area contributed by atoms with Crippen LogP contribution in [0.2, 0.25) is 0 Å². The third-order valence-corrected chi connectivity index (χ3v) is 6.26. The number of alkyl halides is 3. The Hall–Kier alpha value is -4.67. The number of hydrogen-bond acceptors (Lipinski definition) is 5. The Balaban J connectivity index is 1.64. The predicted molar refractivity (Wildman–Crippen MR) is 131 cm³/mol. The third kappa shape index (κ3) is 4.25. The minimum absolute atomic E-state index is 0.114. The molecule has 38 heavy (non-hydrogen) atoms. The molecule has 3 heterocycles. The van der Waals surface area contributed by atoms with E-state index in [4.69, 9.17) is 0 Å². The molecule has 0 atom stereocenters. The first kappa shape index (κ1) is 25.0. The summed E-state index contributed by atoms with van der Waals surface area (Å²) in [5, 5.41) is 2.36. The lowest BCUT2D eigenvalue weighted by molar-refractivity contribution is -0.141. The molecule has 7 nitrogen and oxygen atoms in total. The number of fused-ring (bicyclic) bond motifs is 1. The average Bonchev–Trinajstić information content (AvgIpc) is 3.10. The monoisotopic (exact) mass is 521 g/mol. The van der Waals surface area contributed by atoms with Crippen molar-refractivity contribution in [2.24, 2.45) is 0 Å². The number of hydrogen-bond donors (Lipinski definition) is 1. The van der Waals surface area contributed by atoms with Crippen molar-refractivity contribution in [3.63, 3.8) is 0 Å². The highest BCUT2D eigenvalue weighted by atomic mass is 19.4. The molecule has 0 radical (unpaired) electrons. The van der Waals surface area contributed by atoms with Gasteiger partial charge in [-0.2, -0.15) is 13.2 Å². The van der Waals surface area contributed by atoms with E-state index in [1.807, 2.05) is 0 Å². The van der Waals surface area contributed by atoms with E-state index in [9.17, 15) is 27.2 Å². The van der Waals surface area contributed by atoms with Gasteiger partial charge in [0.1, 0.15) is 18.0 Å². The summed E-state index contributed by atoms with van der Waals surface area (Å²) in [6, 6.07) is 12.3. The van der Waals surface area contributed by atoms with Crippen molar-refractivity contribution in [3.8, 4) is 11.1 Å². The van der Waals surface area contributed by atoms with E-state index in [-0.39, 0.29) is 17.2 Å². The van der Waals surface area contributed by atoms with Crippen molar-refractivity contribution in [1.29, 1.82) is 0 Å². The standard InChI is InChI=1S/C27H19F4N5O2/c1-26(2)22-18(4-3-5-20(22)36(25(26)38)21-10-11-32-14-34-21)15-12-19(23(33-13-15)27(29,30)31)24(37)35-17-8-6-16(28)7-9-17/h3-14H,1-2H3,(H,35,37). The Morgan fingerprint density at radius 2 is 1.76 bits per heavy atom. The molecule has 0 bridgehead atoms. The second-order valence-electron chi connectivity index (χ2n) is 9.11. The van der Waals surface area contributed by atoms with Gasteiger partial charge in [0.25, 0.3) is 5.91 Å². The quantitative estimate of drug-likeness (QED) is 0.338. The normalized spacial score (nSPS) is 14.4. The number of carbonyl (C=O) groups excluding carboxylic acids is 2. The fourth-order valence-corrected chi connectivity index (χ4v) is 4.51. The van der Waals surface area contributed by atoms with Gasteiger partial charge >= 0.3 is 6.18 Å². The number of rotatable bonds is 4. The Bertz CT molecular complexity index is 1550. The van der Waals surface area contributed by atoms with Crippen molar-refractivity contribution in [2.75, 3.05) is 10.2 Å². The van der Waals surface area contributed by atoms with Crippen LogP contribution < -0.4 is 10.2 Å². The van der Waals surface area contributed by atoms with Gasteiger partial charge in [0.2, 0.25) is 5.91 Å². The molecular weight excluding hydrogens is 502 g/mol. The Kier molecular flexibility index (Phi) is 5.93. The molecule has 0 aliphatic carbocycles. The van der Waals surface area contributed by atoms with Crippen LogP contribution in [0.5, 0.6) is 0 Å². The van der Waals surface area contributed by atoms with Gasteiger partial charge in [-0.25, -0.2) is 14.4 Å². The minimum atomic E-state index is -4.91. The Morgan fingerprint density at radius 3 is 2.42 bits per heavy atom. The van der Waals surface area contributed by atoms with E-state index >= 15 is 0 Å². The highest BCUT2D eigenvalue weighted by molar-refractivity contribution is 6.14. The highest BCUT2D eigenvalue weighted by Gasteiger charge is 2.47. The molecule has 4 aromatic rings. The Morgan fingerprint density at radius 1 is 1.03 bits per heavy atom. The molecule has 5 rings (SSSR count). The van der Waals surface area contributed by atoms with E-state index in [1.165, 1.54) is 29.6 Å². The lowest BCUT2D eigenvalue weighted by Gasteiger charge is -2.20. The summed E-state index contributed by atoms with van der Waals surface area (Å²) in [7, 11) is 0. The first-order chi connectivity index (χ1) is 18.0. The molecule has 1 N–H and O–H groups in total. The topological polar surface area (TPSA) is 88.1 Å². The molecule has 0 fully saturated rings. The van der Waals surface area contributed by atoms with Crippen LogP contribution in [0.1, 0.15) is 35.5 Å². The van der Waals surface area contributed by atoms with Crippen LogP contribution >= 0.6 is 0 Å². The SMILES string of the molecule is CC1(C)C(=O)N(c2ccncn2)c2cccc(-c3cnc(C(F)(F)F)c(C(=O)Nc4ccc(F)cc4)c3)c21. The predicted octanol–water partition coefficient (Wildman–Crippen LogP) is 5.90. The zero-order chi connectivity index (χ0) is 27.2. The molecule has 2 aromatic carbocycles. The zero-order valence-electron chi connectivity index (χ0n) is 20.0. The van der Waals surface area contributed by atoms with Gasteiger partial charge in [-0.05, 0) is 67.4 Å². The summed E-state index contributed by atoms with van der Waals surface area (Å²) in [6.45, 7) is 3.41. The van der Waals surface area contributed by atoms with Crippen molar-refractivity contribution in [2.45, 2.75) is 25.4 Å². The minimum Gasteiger partial charge on any atom is -0.322 e. The first-order valence-corrected chi connectivity index (χ1v) is 11.4. The molecule has 0 saturated heterocycles. The zero-order valence-corrected chi connectivity index (χ0v) is 20.0. The summed E-state index contributed by atoms with van der Waals surface area (Å²) in [4.78, 5) is 39.5. The molecule has 11 heteroatoms. The van der Waals surface area contributed by atoms with Crippen LogP contribution in [0.4, 0.5) is 34.8 Å². The second-order valence-corrected chi connectivity index (χ2v) is 9.11. The smallest absolute Gasteiger partial charge is 0.322 e. The summed E-state index contributed by atoms with van der Waals surface area (Å²) in [6.07, 6.45) is -1.08. The number of nitrogens with one attached hydrogen (secondary N) is 1. The number of pyridine rings is 1. The van der Waals surface area contributed by atoms with Crippen LogP contribution in [-0.4, -0.2) is 26.8 Å². The van der Waals surface area contributed by atoms with E-state index in [2.05, 4.69) is 20.3 Å². The largest absolute Gasteiger partial charge is 0.434 e. The van der Waals surface area contributed by atoms with Gasteiger partial charge in [-0.1, -0.05) is 12.1 Å². The van der Waals surface area contributed by atoms with Gasteiger partial charge in [0.15, 0.2) is 5.69 Å². The maximum atomic E-state index is 13.8. The van der Waals surface area contributed by atoms with Gasteiger partial charge in [0, 0.05) is 23.6 Å². The fraction of sp³-hybridized carbons (Fsp3) is 0.148. The van der Waals surface area contributed by atoms with Crippen molar-refractivity contribution in [1.82, 2.24) is 15.0 Å². The number of halogens is 4. The lowest BCUT2D eigenvalue weighted by atomic mass is 9.81. The number of anilines is 3. The fourth-order valence-electron chi connectivity index (χ4n) is 4.51. The van der Waals surface area contributed by atoms with E-state index in [1.54, 1.807) is 38.1 Å².